The van der Waals surface area contributed by atoms with E-state index in [1.807, 2.05) is 50.2 Å². The van der Waals surface area contributed by atoms with E-state index in [1.165, 1.54) is 0 Å². The lowest BCUT2D eigenvalue weighted by Crippen LogP contribution is -2.36. The summed E-state index contributed by atoms with van der Waals surface area (Å²) >= 11 is 0. The van der Waals surface area contributed by atoms with Gasteiger partial charge in [-0.15, -0.1) is 0 Å². The predicted molar refractivity (Wildman–Crippen MR) is 88.5 cm³/mol. The van der Waals surface area contributed by atoms with Crippen LogP contribution in [0.15, 0.2) is 42.6 Å². The van der Waals surface area contributed by atoms with Crippen molar-refractivity contribution in [3.63, 3.8) is 0 Å². The number of pyridine rings is 1. The highest BCUT2D eigenvalue weighted by atomic mass is 16.5. The van der Waals surface area contributed by atoms with Crippen LogP contribution >= 0.6 is 0 Å². The van der Waals surface area contributed by atoms with Crippen LogP contribution in [-0.2, 0) is 11.3 Å². The van der Waals surface area contributed by atoms with Crippen molar-refractivity contribution in [3.05, 3.63) is 53.7 Å². The number of amides is 1. The van der Waals surface area contributed by atoms with E-state index in [2.05, 4.69) is 10.3 Å². The summed E-state index contributed by atoms with van der Waals surface area (Å²) in [6.07, 6.45) is 1.09. The van der Waals surface area contributed by atoms with Gasteiger partial charge < -0.3 is 14.8 Å². The van der Waals surface area contributed by atoms with E-state index in [4.69, 9.17) is 9.47 Å². The number of nitrogens with zero attached hydrogens (tertiary/aromatic N) is 1. The standard InChI is InChI=1S/C18H22N2O3/c1-4-22-18-15(6-5-11-19-18)12-20-17(21)14(3)23-16-9-7-13(2)8-10-16/h5-11,14H,4,12H2,1-3H3,(H,20,21). The fourth-order valence-electron chi connectivity index (χ4n) is 2.03. The molecule has 1 atom stereocenters. The average Bonchev–Trinajstić information content (AvgIpc) is 2.56. The first-order valence-electron chi connectivity index (χ1n) is 7.68. The zero-order valence-electron chi connectivity index (χ0n) is 13.7. The molecule has 0 spiro atoms. The summed E-state index contributed by atoms with van der Waals surface area (Å²) in [5.74, 6) is 1.04. The monoisotopic (exact) mass is 314 g/mol. The molecule has 23 heavy (non-hydrogen) atoms. The molecular weight excluding hydrogens is 292 g/mol. The van der Waals surface area contributed by atoms with E-state index in [0.717, 1.165) is 11.1 Å². The number of carbonyl (C=O) groups excluding carboxylic acids is 1. The second-order valence-corrected chi connectivity index (χ2v) is 5.19. The van der Waals surface area contributed by atoms with Crippen molar-refractivity contribution in [2.45, 2.75) is 33.4 Å². The third-order valence-electron chi connectivity index (χ3n) is 3.29. The van der Waals surface area contributed by atoms with Crippen LogP contribution in [-0.4, -0.2) is 23.6 Å². The Hall–Kier alpha value is -2.56. The molecule has 0 radical (unpaired) electrons. The summed E-state index contributed by atoms with van der Waals surface area (Å²) in [5, 5.41) is 2.85. The van der Waals surface area contributed by atoms with Crippen molar-refractivity contribution < 1.29 is 14.3 Å². The molecular formula is C18H22N2O3. The molecule has 2 rings (SSSR count). The van der Waals surface area contributed by atoms with E-state index < -0.39 is 6.10 Å². The summed E-state index contributed by atoms with van der Waals surface area (Å²) in [6.45, 7) is 6.51. The molecule has 1 unspecified atom stereocenters. The van der Waals surface area contributed by atoms with Gasteiger partial charge in [-0.25, -0.2) is 4.98 Å². The van der Waals surface area contributed by atoms with Crippen molar-refractivity contribution in [1.29, 1.82) is 0 Å². The summed E-state index contributed by atoms with van der Waals surface area (Å²) in [6, 6.07) is 11.3. The Bertz CT molecular complexity index is 641. The number of hydrogen-bond acceptors (Lipinski definition) is 4. The zero-order chi connectivity index (χ0) is 16.7. The van der Waals surface area contributed by atoms with E-state index >= 15 is 0 Å². The van der Waals surface area contributed by atoms with Gasteiger partial charge in [0.25, 0.3) is 5.91 Å². The van der Waals surface area contributed by atoms with Gasteiger partial charge in [0.2, 0.25) is 5.88 Å². The van der Waals surface area contributed by atoms with E-state index in [-0.39, 0.29) is 5.91 Å². The predicted octanol–water partition coefficient (Wildman–Crippen LogP) is 2.87. The maximum absolute atomic E-state index is 12.2. The molecule has 1 heterocycles. The lowest BCUT2D eigenvalue weighted by atomic mass is 10.2. The SMILES string of the molecule is CCOc1ncccc1CNC(=O)C(C)Oc1ccc(C)cc1. The van der Waals surface area contributed by atoms with Crippen molar-refractivity contribution >= 4 is 5.91 Å². The molecule has 2 aromatic rings. The van der Waals surface area contributed by atoms with Gasteiger partial charge in [0.1, 0.15) is 5.75 Å². The highest BCUT2D eigenvalue weighted by Gasteiger charge is 2.15. The van der Waals surface area contributed by atoms with Gasteiger partial charge in [-0.05, 0) is 39.0 Å². The summed E-state index contributed by atoms with van der Waals surface area (Å²) in [4.78, 5) is 16.3. The molecule has 0 fully saturated rings. The normalized spacial score (nSPS) is 11.6. The number of benzene rings is 1. The first kappa shape index (κ1) is 16.8. The maximum Gasteiger partial charge on any atom is 0.261 e. The van der Waals surface area contributed by atoms with Gasteiger partial charge in [-0.1, -0.05) is 23.8 Å². The van der Waals surface area contributed by atoms with Crippen LogP contribution in [0.1, 0.15) is 25.0 Å². The Morgan fingerprint density at radius 1 is 1.26 bits per heavy atom. The molecule has 0 saturated heterocycles. The van der Waals surface area contributed by atoms with Crippen molar-refractivity contribution in [3.8, 4) is 11.6 Å². The van der Waals surface area contributed by atoms with Crippen LogP contribution in [0.25, 0.3) is 0 Å². The topological polar surface area (TPSA) is 60.5 Å². The highest BCUT2D eigenvalue weighted by molar-refractivity contribution is 5.80. The van der Waals surface area contributed by atoms with Gasteiger partial charge in [0, 0.05) is 18.3 Å². The lowest BCUT2D eigenvalue weighted by molar-refractivity contribution is -0.127. The summed E-state index contributed by atoms with van der Waals surface area (Å²) < 4.78 is 11.1. The molecule has 1 aromatic heterocycles. The van der Waals surface area contributed by atoms with Gasteiger partial charge in [-0.2, -0.15) is 0 Å². The Morgan fingerprint density at radius 3 is 2.70 bits per heavy atom. The van der Waals surface area contributed by atoms with Gasteiger partial charge in [0.15, 0.2) is 6.10 Å². The highest BCUT2D eigenvalue weighted by Crippen LogP contribution is 2.15. The quantitative estimate of drug-likeness (QED) is 0.853. The largest absolute Gasteiger partial charge is 0.481 e. The second-order valence-electron chi connectivity index (χ2n) is 5.19. The molecule has 0 saturated carbocycles. The van der Waals surface area contributed by atoms with Crippen molar-refractivity contribution in [2.75, 3.05) is 6.61 Å². The molecule has 0 aliphatic rings. The molecule has 0 aliphatic heterocycles. The third kappa shape index (κ3) is 4.98. The Labute approximate surface area is 136 Å². The first-order valence-corrected chi connectivity index (χ1v) is 7.68. The number of nitrogens with one attached hydrogen (secondary N) is 1. The lowest BCUT2D eigenvalue weighted by Gasteiger charge is -2.15. The van der Waals surface area contributed by atoms with Crippen LogP contribution in [0.4, 0.5) is 0 Å². The summed E-state index contributed by atoms with van der Waals surface area (Å²) in [5.41, 5.74) is 1.99. The van der Waals surface area contributed by atoms with Gasteiger partial charge in [-0.3, -0.25) is 4.79 Å². The smallest absolute Gasteiger partial charge is 0.261 e. The fourth-order valence-corrected chi connectivity index (χ4v) is 2.03. The van der Waals surface area contributed by atoms with Gasteiger partial charge >= 0.3 is 0 Å². The van der Waals surface area contributed by atoms with E-state index in [0.29, 0.717) is 24.8 Å². The van der Waals surface area contributed by atoms with Crippen molar-refractivity contribution in [1.82, 2.24) is 10.3 Å². The van der Waals surface area contributed by atoms with E-state index in [1.54, 1.807) is 13.1 Å². The first-order chi connectivity index (χ1) is 11.1. The fraction of sp³-hybridized carbons (Fsp3) is 0.333. The van der Waals surface area contributed by atoms with Crippen molar-refractivity contribution in [2.24, 2.45) is 0 Å². The van der Waals surface area contributed by atoms with Gasteiger partial charge in [0.05, 0.1) is 6.61 Å². The van der Waals surface area contributed by atoms with Crippen LogP contribution in [0.3, 0.4) is 0 Å². The Balaban J connectivity index is 1.90. The van der Waals surface area contributed by atoms with E-state index in [9.17, 15) is 4.79 Å². The minimum atomic E-state index is -0.579. The number of ether oxygens (including phenoxy) is 2. The number of rotatable bonds is 7. The number of carbonyl (C=O) groups is 1. The number of aromatic nitrogens is 1. The molecule has 1 amide bonds. The summed E-state index contributed by atoms with van der Waals surface area (Å²) in [7, 11) is 0. The molecule has 1 aromatic carbocycles. The average molecular weight is 314 g/mol. The Kier molecular flexibility index (Phi) is 5.97. The molecule has 5 nitrogen and oxygen atoms in total. The van der Waals surface area contributed by atoms with Crippen LogP contribution in [0.2, 0.25) is 0 Å². The minimum absolute atomic E-state index is 0.183. The molecule has 0 aliphatic carbocycles. The molecule has 1 N–H and O–H groups in total. The van der Waals surface area contributed by atoms with Crippen LogP contribution in [0, 0.1) is 6.92 Å². The second kappa shape index (κ2) is 8.17. The minimum Gasteiger partial charge on any atom is -0.481 e. The number of aryl methyl sites for hydroxylation is 1. The van der Waals surface area contributed by atoms with Crippen LogP contribution < -0.4 is 14.8 Å². The number of hydrogen-bond donors (Lipinski definition) is 1. The Morgan fingerprint density at radius 2 is 2.00 bits per heavy atom. The molecule has 122 valence electrons. The molecule has 0 bridgehead atoms. The zero-order valence-corrected chi connectivity index (χ0v) is 13.7. The third-order valence-corrected chi connectivity index (χ3v) is 3.29. The molecule has 5 heteroatoms. The van der Waals surface area contributed by atoms with Crippen LogP contribution in [0.5, 0.6) is 11.6 Å². The maximum atomic E-state index is 12.2.